The fourth-order valence-corrected chi connectivity index (χ4v) is 3.28. The van der Waals surface area contributed by atoms with Crippen LogP contribution in [0.15, 0.2) is 53.3 Å². The molecule has 2 aromatic carbocycles. The van der Waals surface area contributed by atoms with Gasteiger partial charge in [-0.3, -0.25) is 9.59 Å². The summed E-state index contributed by atoms with van der Waals surface area (Å²) in [6.07, 6.45) is 1.80. The van der Waals surface area contributed by atoms with Crippen LogP contribution in [-0.2, 0) is 6.54 Å². The summed E-state index contributed by atoms with van der Waals surface area (Å²) >= 11 is 6.04. The molecular weight excluding hydrogens is 376 g/mol. The lowest BCUT2D eigenvalue weighted by Crippen LogP contribution is -2.33. The molecule has 1 N–H and O–H groups in total. The molecular formula is C22H23ClN2O3. The first-order valence-corrected chi connectivity index (χ1v) is 9.64. The van der Waals surface area contributed by atoms with Crippen LogP contribution in [0.3, 0.4) is 0 Å². The molecule has 3 aromatic rings. The zero-order valence-electron chi connectivity index (χ0n) is 16.0. The molecule has 1 aromatic heterocycles. The van der Waals surface area contributed by atoms with Crippen LogP contribution in [0.25, 0.3) is 10.9 Å². The van der Waals surface area contributed by atoms with Crippen molar-refractivity contribution in [1.29, 1.82) is 0 Å². The van der Waals surface area contributed by atoms with Crippen molar-refractivity contribution in [3.8, 4) is 5.75 Å². The number of H-pyrrole nitrogens is 1. The summed E-state index contributed by atoms with van der Waals surface area (Å²) in [6, 6.07) is 14.2. The van der Waals surface area contributed by atoms with Crippen LogP contribution in [0, 0.1) is 0 Å². The number of nitrogens with one attached hydrogen (secondary N) is 1. The van der Waals surface area contributed by atoms with Crippen molar-refractivity contribution in [2.75, 3.05) is 13.7 Å². The lowest BCUT2D eigenvalue weighted by Gasteiger charge is -2.23. The number of rotatable bonds is 7. The number of methoxy groups -OCH3 is 1. The van der Waals surface area contributed by atoms with Crippen molar-refractivity contribution < 1.29 is 9.53 Å². The Hall–Kier alpha value is -2.79. The Morgan fingerprint density at radius 2 is 2.00 bits per heavy atom. The summed E-state index contributed by atoms with van der Waals surface area (Å²) in [5, 5.41) is 1.37. The molecule has 0 atom stereocenters. The minimum absolute atomic E-state index is 0.138. The highest BCUT2D eigenvalue weighted by Gasteiger charge is 2.18. The highest BCUT2D eigenvalue weighted by Crippen LogP contribution is 2.20. The van der Waals surface area contributed by atoms with Crippen molar-refractivity contribution in [1.82, 2.24) is 9.88 Å². The number of hydrogen-bond donors (Lipinski definition) is 1. The van der Waals surface area contributed by atoms with Crippen molar-refractivity contribution in [3.05, 3.63) is 75.0 Å². The number of hydrogen-bond acceptors (Lipinski definition) is 3. The number of unbranched alkanes of at least 4 members (excludes halogenated alkanes) is 1. The van der Waals surface area contributed by atoms with Gasteiger partial charge >= 0.3 is 0 Å². The summed E-state index contributed by atoms with van der Waals surface area (Å²) in [5.41, 5.74) is 1.59. The minimum Gasteiger partial charge on any atom is -0.497 e. The smallest absolute Gasteiger partial charge is 0.254 e. The summed E-state index contributed by atoms with van der Waals surface area (Å²) in [4.78, 5) is 30.2. The second kappa shape index (κ2) is 8.93. The highest BCUT2D eigenvalue weighted by atomic mass is 35.5. The van der Waals surface area contributed by atoms with Gasteiger partial charge in [-0.25, -0.2) is 0 Å². The van der Waals surface area contributed by atoms with E-state index in [0.717, 1.165) is 23.7 Å². The molecule has 0 aliphatic carbocycles. The second-order valence-electron chi connectivity index (χ2n) is 6.67. The van der Waals surface area contributed by atoms with Crippen LogP contribution in [0.5, 0.6) is 5.75 Å². The molecule has 0 fully saturated rings. The van der Waals surface area contributed by atoms with Gasteiger partial charge in [-0.2, -0.15) is 0 Å². The van der Waals surface area contributed by atoms with Crippen LogP contribution in [0.1, 0.15) is 35.7 Å². The van der Waals surface area contributed by atoms with Gasteiger partial charge in [-0.15, -0.1) is 0 Å². The molecule has 5 nitrogen and oxygen atoms in total. The number of amides is 1. The van der Waals surface area contributed by atoms with E-state index in [-0.39, 0.29) is 18.0 Å². The van der Waals surface area contributed by atoms with E-state index in [1.807, 2.05) is 18.2 Å². The average Bonchev–Trinajstić information content (AvgIpc) is 2.70. The van der Waals surface area contributed by atoms with Gasteiger partial charge < -0.3 is 14.6 Å². The van der Waals surface area contributed by atoms with E-state index in [1.54, 1.807) is 42.3 Å². The maximum Gasteiger partial charge on any atom is 0.254 e. The van der Waals surface area contributed by atoms with Gasteiger partial charge in [-0.05, 0) is 48.9 Å². The SMILES string of the molecule is CCCCN(Cc1cc2cc(OC)ccc2[nH]c1=O)C(=O)c1cccc(Cl)c1. The predicted molar refractivity (Wildman–Crippen MR) is 112 cm³/mol. The number of ether oxygens (including phenoxy) is 1. The van der Waals surface area contributed by atoms with Gasteiger partial charge in [0.1, 0.15) is 5.75 Å². The molecule has 0 spiro atoms. The largest absolute Gasteiger partial charge is 0.497 e. The van der Waals surface area contributed by atoms with Crippen molar-refractivity contribution in [2.24, 2.45) is 0 Å². The predicted octanol–water partition coefficient (Wildman–Crippen LogP) is 4.63. The number of carbonyl (C=O) groups is 1. The van der Waals surface area contributed by atoms with E-state index < -0.39 is 0 Å². The Balaban J connectivity index is 1.94. The maximum atomic E-state index is 13.0. The van der Waals surface area contributed by atoms with Gasteiger partial charge in [0.25, 0.3) is 11.5 Å². The van der Waals surface area contributed by atoms with Gasteiger partial charge in [0.05, 0.1) is 13.7 Å². The molecule has 146 valence electrons. The van der Waals surface area contributed by atoms with E-state index in [2.05, 4.69) is 11.9 Å². The number of carbonyl (C=O) groups excluding carboxylic acids is 1. The third kappa shape index (κ3) is 4.54. The first kappa shape index (κ1) is 20.0. The molecule has 0 radical (unpaired) electrons. The van der Waals surface area contributed by atoms with E-state index in [9.17, 15) is 9.59 Å². The third-order valence-electron chi connectivity index (χ3n) is 4.63. The van der Waals surface area contributed by atoms with Crippen LogP contribution in [0.2, 0.25) is 5.02 Å². The molecule has 28 heavy (non-hydrogen) atoms. The van der Waals surface area contributed by atoms with Crippen molar-refractivity contribution >= 4 is 28.4 Å². The Morgan fingerprint density at radius 1 is 1.18 bits per heavy atom. The van der Waals surface area contributed by atoms with Gasteiger partial charge in [0.15, 0.2) is 0 Å². The van der Waals surface area contributed by atoms with E-state index in [1.165, 1.54) is 0 Å². The number of nitrogens with zero attached hydrogens (tertiary/aromatic N) is 1. The standard InChI is InChI=1S/C22H23ClN2O3/c1-3-4-10-25(22(27)15-6-5-7-18(23)12-15)14-17-11-16-13-19(28-2)8-9-20(16)24-21(17)26/h5-9,11-13H,3-4,10,14H2,1-2H3,(H,24,26). The molecule has 0 unspecified atom stereocenters. The van der Waals surface area contributed by atoms with Gasteiger partial charge in [0, 0.05) is 33.6 Å². The lowest BCUT2D eigenvalue weighted by molar-refractivity contribution is 0.0740. The highest BCUT2D eigenvalue weighted by molar-refractivity contribution is 6.30. The Labute approximate surface area is 168 Å². The van der Waals surface area contributed by atoms with Gasteiger partial charge in [-0.1, -0.05) is 31.0 Å². The van der Waals surface area contributed by atoms with Crippen molar-refractivity contribution in [3.63, 3.8) is 0 Å². The van der Waals surface area contributed by atoms with Crippen LogP contribution in [-0.4, -0.2) is 29.4 Å². The molecule has 0 aliphatic rings. The van der Waals surface area contributed by atoms with E-state index >= 15 is 0 Å². The van der Waals surface area contributed by atoms with Gasteiger partial charge in [0.2, 0.25) is 0 Å². The summed E-state index contributed by atoms with van der Waals surface area (Å²) in [7, 11) is 1.60. The number of halogens is 1. The average molecular weight is 399 g/mol. The molecule has 0 saturated heterocycles. The fraction of sp³-hybridized carbons (Fsp3) is 0.273. The molecule has 0 saturated carbocycles. The number of pyridine rings is 1. The number of benzene rings is 2. The number of aromatic amines is 1. The van der Waals surface area contributed by atoms with Crippen LogP contribution in [0.4, 0.5) is 0 Å². The third-order valence-corrected chi connectivity index (χ3v) is 4.86. The quantitative estimate of drug-likeness (QED) is 0.631. The first-order chi connectivity index (χ1) is 13.5. The van der Waals surface area contributed by atoms with Crippen LogP contribution < -0.4 is 10.3 Å². The molecule has 0 bridgehead atoms. The Morgan fingerprint density at radius 3 is 2.71 bits per heavy atom. The fourth-order valence-electron chi connectivity index (χ4n) is 3.09. The summed E-state index contributed by atoms with van der Waals surface area (Å²) in [5.74, 6) is 0.574. The summed E-state index contributed by atoms with van der Waals surface area (Å²) in [6.45, 7) is 2.86. The van der Waals surface area contributed by atoms with Crippen LogP contribution >= 0.6 is 11.6 Å². The molecule has 3 rings (SSSR count). The zero-order valence-corrected chi connectivity index (χ0v) is 16.8. The minimum atomic E-state index is -0.196. The second-order valence-corrected chi connectivity index (χ2v) is 7.10. The molecule has 6 heteroatoms. The molecule has 1 amide bonds. The monoisotopic (exact) mass is 398 g/mol. The number of fused-ring (bicyclic) bond motifs is 1. The Kier molecular flexibility index (Phi) is 6.37. The maximum absolute atomic E-state index is 13.0. The normalized spacial score (nSPS) is 10.8. The Bertz CT molecular complexity index is 1050. The molecule has 1 heterocycles. The first-order valence-electron chi connectivity index (χ1n) is 9.26. The zero-order chi connectivity index (χ0) is 20.1. The summed E-state index contributed by atoms with van der Waals surface area (Å²) < 4.78 is 5.26. The van der Waals surface area contributed by atoms with E-state index in [0.29, 0.717) is 28.4 Å². The lowest BCUT2D eigenvalue weighted by atomic mass is 10.1. The topological polar surface area (TPSA) is 62.4 Å². The molecule has 0 aliphatic heterocycles. The van der Waals surface area contributed by atoms with Crippen molar-refractivity contribution in [2.45, 2.75) is 26.3 Å². The number of aromatic nitrogens is 1. The van der Waals surface area contributed by atoms with E-state index in [4.69, 9.17) is 16.3 Å².